The van der Waals surface area contributed by atoms with Crippen LogP contribution < -0.4 is 10.1 Å². The first-order valence-corrected chi connectivity index (χ1v) is 9.54. The van der Waals surface area contributed by atoms with Crippen LogP contribution in [0.5, 0.6) is 5.75 Å². The van der Waals surface area contributed by atoms with Crippen LogP contribution in [0.4, 0.5) is 0 Å². The van der Waals surface area contributed by atoms with Gasteiger partial charge in [0.2, 0.25) is 0 Å². The number of carboxylic acids is 1. The van der Waals surface area contributed by atoms with E-state index in [0.717, 1.165) is 16.3 Å². The molecule has 0 unspecified atom stereocenters. The number of rotatable bonds is 7. The van der Waals surface area contributed by atoms with Gasteiger partial charge in [-0.15, -0.1) is 0 Å². The Labute approximate surface area is 170 Å². The summed E-state index contributed by atoms with van der Waals surface area (Å²) in [6.45, 7) is 5.35. The summed E-state index contributed by atoms with van der Waals surface area (Å²) >= 11 is 0. The Kier molecular flexibility index (Phi) is 5.87. The van der Waals surface area contributed by atoms with E-state index in [0.29, 0.717) is 24.3 Å². The van der Waals surface area contributed by atoms with Crippen molar-refractivity contribution >= 4 is 22.6 Å². The van der Waals surface area contributed by atoms with Crippen molar-refractivity contribution in [2.75, 3.05) is 6.61 Å². The summed E-state index contributed by atoms with van der Waals surface area (Å²) < 4.78 is 6.08. The number of amides is 1. The number of carbonyl (C=O) groups excluding carboxylic acids is 1. The maximum absolute atomic E-state index is 12.9. The van der Waals surface area contributed by atoms with E-state index in [4.69, 9.17) is 4.74 Å². The Hall–Kier alpha value is -3.34. The van der Waals surface area contributed by atoms with E-state index in [1.165, 1.54) is 19.4 Å². The molecule has 0 fully saturated rings. The minimum Gasteiger partial charge on any atom is -0.492 e. The van der Waals surface area contributed by atoms with Crippen LogP contribution in [0.1, 0.15) is 35.3 Å². The zero-order chi connectivity index (χ0) is 21.0. The van der Waals surface area contributed by atoms with E-state index in [1.54, 1.807) is 6.07 Å². The molecule has 0 radical (unpaired) electrons. The topological polar surface area (TPSA) is 75.6 Å². The zero-order valence-corrected chi connectivity index (χ0v) is 16.9. The SMILES string of the molecule is Cc1cccc(CCOc2c(C(=O)NC(C)(C)C(=O)O)ccc3ccccc23)c1. The molecule has 150 valence electrons. The second-order valence-corrected chi connectivity index (χ2v) is 7.64. The van der Waals surface area contributed by atoms with E-state index < -0.39 is 17.4 Å². The smallest absolute Gasteiger partial charge is 0.328 e. The van der Waals surface area contributed by atoms with Crippen molar-refractivity contribution < 1.29 is 19.4 Å². The van der Waals surface area contributed by atoms with Gasteiger partial charge in [0.1, 0.15) is 11.3 Å². The lowest BCUT2D eigenvalue weighted by atomic mass is 10.0. The Morgan fingerprint density at radius 2 is 1.79 bits per heavy atom. The quantitative estimate of drug-likeness (QED) is 0.627. The molecule has 5 nitrogen and oxygen atoms in total. The number of aliphatic carboxylic acids is 1. The van der Waals surface area contributed by atoms with Gasteiger partial charge in [-0.05, 0) is 37.8 Å². The van der Waals surface area contributed by atoms with Crippen LogP contribution in [0.15, 0.2) is 60.7 Å². The third-order valence-corrected chi connectivity index (χ3v) is 4.80. The fourth-order valence-electron chi connectivity index (χ4n) is 3.12. The van der Waals surface area contributed by atoms with Gasteiger partial charge in [-0.1, -0.05) is 60.2 Å². The normalized spacial score (nSPS) is 11.3. The van der Waals surface area contributed by atoms with E-state index in [-0.39, 0.29) is 0 Å². The van der Waals surface area contributed by atoms with E-state index >= 15 is 0 Å². The minimum absolute atomic E-state index is 0.322. The summed E-state index contributed by atoms with van der Waals surface area (Å²) in [4.78, 5) is 24.2. The number of hydrogen-bond donors (Lipinski definition) is 2. The van der Waals surface area contributed by atoms with E-state index in [9.17, 15) is 14.7 Å². The van der Waals surface area contributed by atoms with Gasteiger partial charge in [0, 0.05) is 11.8 Å². The van der Waals surface area contributed by atoms with Crippen LogP contribution in [0, 0.1) is 6.92 Å². The Bertz CT molecular complexity index is 1060. The summed E-state index contributed by atoms with van der Waals surface area (Å²) in [7, 11) is 0. The first-order chi connectivity index (χ1) is 13.8. The summed E-state index contributed by atoms with van der Waals surface area (Å²) in [5.41, 5.74) is 1.27. The highest BCUT2D eigenvalue weighted by atomic mass is 16.5. The summed E-state index contributed by atoms with van der Waals surface area (Å²) in [5, 5.41) is 13.7. The van der Waals surface area contributed by atoms with E-state index in [2.05, 4.69) is 11.4 Å². The number of carbonyl (C=O) groups is 2. The van der Waals surface area contributed by atoms with Crippen LogP contribution in [-0.4, -0.2) is 29.1 Å². The van der Waals surface area contributed by atoms with Crippen LogP contribution in [-0.2, 0) is 11.2 Å². The van der Waals surface area contributed by atoms with Gasteiger partial charge in [-0.2, -0.15) is 0 Å². The fraction of sp³-hybridized carbons (Fsp3) is 0.250. The average molecular weight is 391 g/mol. The molecule has 3 aromatic carbocycles. The van der Waals surface area contributed by atoms with Gasteiger partial charge < -0.3 is 15.2 Å². The number of ether oxygens (including phenoxy) is 1. The van der Waals surface area contributed by atoms with Crippen LogP contribution in [0.2, 0.25) is 0 Å². The molecule has 0 bridgehead atoms. The van der Waals surface area contributed by atoms with Gasteiger partial charge in [0.15, 0.2) is 0 Å². The van der Waals surface area contributed by atoms with Crippen molar-refractivity contribution in [2.45, 2.75) is 32.7 Å². The van der Waals surface area contributed by atoms with Crippen molar-refractivity contribution in [1.82, 2.24) is 5.32 Å². The zero-order valence-electron chi connectivity index (χ0n) is 16.9. The third kappa shape index (κ3) is 4.74. The maximum atomic E-state index is 12.9. The minimum atomic E-state index is -1.39. The molecule has 0 heterocycles. The van der Waals surface area contributed by atoms with Crippen molar-refractivity contribution in [3.63, 3.8) is 0 Å². The van der Waals surface area contributed by atoms with Crippen LogP contribution in [0.25, 0.3) is 10.8 Å². The van der Waals surface area contributed by atoms with Gasteiger partial charge in [0.25, 0.3) is 5.91 Å². The number of aryl methyl sites for hydroxylation is 1. The third-order valence-electron chi connectivity index (χ3n) is 4.80. The number of benzene rings is 3. The van der Waals surface area contributed by atoms with Gasteiger partial charge in [0.05, 0.1) is 12.2 Å². The second kappa shape index (κ2) is 8.35. The molecule has 3 rings (SSSR count). The molecule has 0 saturated carbocycles. The predicted octanol–water partition coefficient (Wildman–Crippen LogP) is 4.36. The average Bonchev–Trinajstić information content (AvgIpc) is 2.67. The molecule has 0 aliphatic carbocycles. The van der Waals surface area contributed by atoms with Crippen LogP contribution >= 0.6 is 0 Å². The van der Waals surface area contributed by atoms with Gasteiger partial charge in [-0.3, -0.25) is 4.79 Å². The second-order valence-electron chi connectivity index (χ2n) is 7.64. The van der Waals surface area contributed by atoms with Crippen molar-refractivity contribution in [3.8, 4) is 5.75 Å². The van der Waals surface area contributed by atoms with Crippen LogP contribution in [0.3, 0.4) is 0 Å². The molecule has 0 aliphatic rings. The highest BCUT2D eigenvalue weighted by Gasteiger charge is 2.30. The molecule has 2 N–H and O–H groups in total. The number of nitrogens with one attached hydrogen (secondary N) is 1. The highest BCUT2D eigenvalue weighted by molar-refractivity contribution is 6.05. The molecule has 29 heavy (non-hydrogen) atoms. The lowest BCUT2D eigenvalue weighted by Crippen LogP contribution is -2.49. The van der Waals surface area contributed by atoms with E-state index in [1.807, 2.05) is 55.5 Å². The standard InChI is InChI=1S/C24H25NO4/c1-16-7-6-8-17(15-16)13-14-29-21-19-10-5-4-9-18(19)11-12-20(21)22(26)25-24(2,3)23(27)28/h4-12,15H,13-14H2,1-3H3,(H,25,26)(H,27,28). The predicted molar refractivity (Wildman–Crippen MR) is 114 cm³/mol. The molecular weight excluding hydrogens is 366 g/mol. The molecule has 0 aromatic heterocycles. The fourth-order valence-corrected chi connectivity index (χ4v) is 3.12. The lowest BCUT2D eigenvalue weighted by Gasteiger charge is -2.22. The number of hydrogen-bond acceptors (Lipinski definition) is 3. The molecule has 5 heteroatoms. The first-order valence-electron chi connectivity index (χ1n) is 9.54. The highest BCUT2D eigenvalue weighted by Crippen LogP contribution is 2.30. The summed E-state index contributed by atoms with van der Waals surface area (Å²) in [6, 6.07) is 19.4. The number of carboxylic acid groups (broad SMARTS) is 1. The Morgan fingerprint density at radius 3 is 2.52 bits per heavy atom. The van der Waals surface area contributed by atoms with Crippen molar-refractivity contribution in [2.24, 2.45) is 0 Å². The summed E-state index contributed by atoms with van der Waals surface area (Å²) in [5.74, 6) is -1.11. The molecule has 0 saturated heterocycles. The monoisotopic (exact) mass is 391 g/mol. The molecular formula is C24H25NO4. The molecule has 3 aromatic rings. The Morgan fingerprint density at radius 1 is 1.03 bits per heavy atom. The van der Waals surface area contributed by atoms with Crippen molar-refractivity contribution in [1.29, 1.82) is 0 Å². The molecule has 0 spiro atoms. The van der Waals surface area contributed by atoms with Gasteiger partial charge >= 0.3 is 5.97 Å². The molecule has 0 atom stereocenters. The first kappa shape index (κ1) is 20.4. The molecule has 0 aliphatic heterocycles. The van der Waals surface area contributed by atoms with Gasteiger partial charge in [-0.25, -0.2) is 4.79 Å². The lowest BCUT2D eigenvalue weighted by molar-refractivity contribution is -0.143. The molecule has 1 amide bonds. The largest absolute Gasteiger partial charge is 0.492 e. The maximum Gasteiger partial charge on any atom is 0.328 e. The Balaban J connectivity index is 1.89. The van der Waals surface area contributed by atoms with Crippen molar-refractivity contribution in [3.05, 3.63) is 77.4 Å². The summed E-state index contributed by atoms with van der Waals surface area (Å²) in [6.07, 6.45) is 0.701. The number of fused-ring (bicyclic) bond motifs is 1.